The van der Waals surface area contributed by atoms with Crippen molar-refractivity contribution >= 4 is 23.1 Å². The lowest BCUT2D eigenvalue weighted by Crippen LogP contribution is -2.06. The Morgan fingerprint density at radius 3 is 2.40 bits per heavy atom. The summed E-state index contributed by atoms with van der Waals surface area (Å²) in [5, 5.41) is 9.82. The van der Waals surface area contributed by atoms with Gasteiger partial charge in [-0.1, -0.05) is 41.9 Å². The third-order valence-electron chi connectivity index (χ3n) is 3.61. The predicted molar refractivity (Wildman–Crippen MR) is 97.7 cm³/mol. The molecule has 0 saturated carbocycles. The topological polar surface area (TPSA) is 89.1 Å². The average Bonchev–Trinajstić information content (AvgIpc) is 2.62. The fourth-order valence-corrected chi connectivity index (χ4v) is 2.61. The Morgan fingerprint density at radius 2 is 1.72 bits per heavy atom. The third-order valence-corrected chi connectivity index (χ3v) is 3.84. The fraction of sp³-hybridized carbons (Fsp3) is 0. The number of carboxylic acid groups (broad SMARTS) is 1. The molecule has 0 bridgehead atoms. The van der Waals surface area contributed by atoms with Gasteiger partial charge in [0.05, 0.1) is 5.69 Å². The molecule has 0 spiro atoms. The van der Waals surface area contributed by atoms with Crippen LogP contribution in [0.3, 0.4) is 0 Å². The highest BCUT2D eigenvalue weighted by Crippen LogP contribution is 2.27. The number of carbonyl (C=O) groups is 1. The lowest BCUT2D eigenvalue weighted by atomic mass is 10.0. The summed E-state index contributed by atoms with van der Waals surface area (Å²) < 4.78 is 0. The number of rotatable bonds is 4. The van der Waals surface area contributed by atoms with Crippen molar-refractivity contribution in [3.63, 3.8) is 0 Å². The zero-order valence-corrected chi connectivity index (χ0v) is 13.8. The first-order valence-electron chi connectivity index (χ1n) is 7.43. The second-order valence-electron chi connectivity index (χ2n) is 5.24. The molecule has 1 heterocycles. The van der Waals surface area contributed by atoms with E-state index in [4.69, 9.17) is 22.4 Å². The van der Waals surface area contributed by atoms with Crippen molar-refractivity contribution in [2.75, 3.05) is 0 Å². The molecule has 0 aliphatic carbocycles. The average molecular weight is 352 g/mol. The number of nitrogens with two attached hydrogens (primary N) is 1. The van der Waals surface area contributed by atoms with Crippen molar-refractivity contribution in [1.29, 1.82) is 0 Å². The fourth-order valence-electron chi connectivity index (χ4n) is 2.42. The Balaban J connectivity index is 2.03. The summed E-state index contributed by atoms with van der Waals surface area (Å²) in [5.41, 5.74) is 8.63. The van der Waals surface area contributed by atoms with Gasteiger partial charge in [-0.05, 0) is 35.4 Å². The van der Waals surface area contributed by atoms with E-state index in [1.165, 1.54) is 6.20 Å². The van der Waals surface area contributed by atoms with Gasteiger partial charge in [0.25, 0.3) is 0 Å². The van der Waals surface area contributed by atoms with Gasteiger partial charge in [0.15, 0.2) is 5.82 Å². The molecule has 0 saturated heterocycles. The van der Waals surface area contributed by atoms with Crippen LogP contribution in [0, 0.1) is 0 Å². The van der Waals surface area contributed by atoms with E-state index >= 15 is 0 Å². The predicted octanol–water partition coefficient (Wildman–Crippen LogP) is 3.85. The normalized spacial score (nSPS) is 11.3. The summed E-state index contributed by atoms with van der Waals surface area (Å²) in [4.78, 5) is 19.5. The zero-order chi connectivity index (χ0) is 17.8. The van der Waals surface area contributed by atoms with Crippen molar-refractivity contribution in [2.45, 2.75) is 0 Å². The van der Waals surface area contributed by atoms with Gasteiger partial charge in [-0.25, -0.2) is 14.8 Å². The number of aromatic nitrogens is 2. The molecule has 6 heteroatoms. The number of aliphatic carboxylic acids is 1. The zero-order valence-electron chi connectivity index (χ0n) is 13.1. The van der Waals surface area contributed by atoms with Crippen LogP contribution in [-0.2, 0) is 4.79 Å². The molecule has 2 aromatic carbocycles. The summed E-state index contributed by atoms with van der Waals surface area (Å²) in [6, 6.07) is 17.0. The van der Waals surface area contributed by atoms with E-state index in [0.717, 1.165) is 22.9 Å². The Morgan fingerprint density at radius 1 is 1.04 bits per heavy atom. The van der Waals surface area contributed by atoms with Crippen LogP contribution in [0.2, 0.25) is 5.02 Å². The van der Waals surface area contributed by atoms with Crippen molar-refractivity contribution in [2.24, 2.45) is 5.73 Å². The lowest BCUT2D eigenvalue weighted by molar-refractivity contribution is -0.130. The highest BCUT2D eigenvalue weighted by atomic mass is 35.5. The molecule has 3 aromatic rings. The molecule has 0 aliphatic rings. The molecule has 3 N–H and O–H groups in total. The summed E-state index contributed by atoms with van der Waals surface area (Å²) in [5.74, 6) is -1.10. The quantitative estimate of drug-likeness (QED) is 0.697. The number of nitrogens with zero attached hydrogens (tertiary/aromatic N) is 2. The standard InChI is InChI=1S/C19H14ClN3O2/c20-15-6-2-4-13(10-15)12-3-1-5-14(9-12)17-7-8-22-18(23-17)16(11-21)19(24)25/h1-11H,21H2,(H,24,25). The maximum atomic E-state index is 11.2. The van der Waals surface area contributed by atoms with Crippen LogP contribution in [0.4, 0.5) is 0 Å². The highest BCUT2D eigenvalue weighted by Gasteiger charge is 2.14. The van der Waals surface area contributed by atoms with E-state index in [0.29, 0.717) is 10.7 Å². The minimum absolute atomic E-state index is 0.0701. The maximum absolute atomic E-state index is 11.2. The number of carboxylic acids is 1. The Labute approximate surface area is 149 Å². The van der Waals surface area contributed by atoms with Crippen LogP contribution in [0.15, 0.2) is 67.0 Å². The number of benzene rings is 2. The highest BCUT2D eigenvalue weighted by molar-refractivity contribution is 6.30. The molecule has 124 valence electrons. The first kappa shape index (κ1) is 16.7. The van der Waals surface area contributed by atoms with Gasteiger partial charge < -0.3 is 10.8 Å². The van der Waals surface area contributed by atoms with Crippen LogP contribution in [0.1, 0.15) is 5.82 Å². The van der Waals surface area contributed by atoms with E-state index in [1.807, 2.05) is 48.5 Å². The van der Waals surface area contributed by atoms with Gasteiger partial charge in [0.2, 0.25) is 0 Å². The minimum atomic E-state index is -1.17. The van der Waals surface area contributed by atoms with Crippen LogP contribution >= 0.6 is 11.6 Å². The van der Waals surface area contributed by atoms with Gasteiger partial charge >= 0.3 is 5.97 Å². The first-order valence-corrected chi connectivity index (χ1v) is 7.81. The molecule has 3 rings (SSSR count). The summed E-state index contributed by atoms with van der Waals surface area (Å²) in [6.07, 6.45) is 2.50. The summed E-state index contributed by atoms with van der Waals surface area (Å²) in [7, 11) is 0. The SMILES string of the molecule is NC=C(C(=O)O)c1nccc(-c2cccc(-c3cccc(Cl)c3)c2)n1. The first-order chi connectivity index (χ1) is 12.1. The molecule has 0 fully saturated rings. The van der Waals surface area contributed by atoms with E-state index in [-0.39, 0.29) is 11.4 Å². The van der Waals surface area contributed by atoms with E-state index in [9.17, 15) is 4.79 Å². The van der Waals surface area contributed by atoms with Crippen molar-refractivity contribution in [3.05, 3.63) is 77.8 Å². The van der Waals surface area contributed by atoms with Gasteiger partial charge in [-0.15, -0.1) is 0 Å². The van der Waals surface area contributed by atoms with Gasteiger partial charge in [-0.2, -0.15) is 0 Å². The molecule has 25 heavy (non-hydrogen) atoms. The van der Waals surface area contributed by atoms with E-state index in [2.05, 4.69) is 9.97 Å². The number of halogens is 1. The molecule has 0 unspecified atom stereocenters. The van der Waals surface area contributed by atoms with Crippen LogP contribution in [0.25, 0.3) is 28.0 Å². The smallest absolute Gasteiger partial charge is 0.341 e. The summed E-state index contributed by atoms with van der Waals surface area (Å²) in [6.45, 7) is 0. The van der Waals surface area contributed by atoms with E-state index in [1.54, 1.807) is 6.07 Å². The summed E-state index contributed by atoms with van der Waals surface area (Å²) >= 11 is 6.06. The second-order valence-corrected chi connectivity index (χ2v) is 5.68. The van der Waals surface area contributed by atoms with Crippen molar-refractivity contribution in [3.8, 4) is 22.4 Å². The molecule has 5 nitrogen and oxygen atoms in total. The number of hydrogen-bond donors (Lipinski definition) is 2. The van der Waals surface area contributed by atoms with Crippen LogP contribution in [-0.4, -0.2) is 21.0 Å². The second kappa shape index (κ2) is 7.15. The molecule has 0 amide bonds. The molecule has 0 atom stereocenters. The third kappa shape index (κ3) is 3.67. The molecule has 0 radical (unpaired) electrons. The lowest BCUT2D eigenvalue weighted by Gasteiger charge is -2.07. The minimum Gasteiger partial charge on any atom is -0.477 e. The Kier molecular flexibility index (Phi) is 4.77. The van der Waals surface area contributed by atoms with Gasteiger partial charge in [0, 0.05) is 23.0 Å². The maximum Gasteiger partial charge on any atom is 0.341 e. The monoisotopic (exact) mass is 351 g/mol. The van der Waals surface area contributed by atoms with Crippen LogP contribution in [0.5, 0.6) is 0 Å². The largest absolute Gasteiger partial charge is 0.477 e. The molecule has 0 aliphatic heterocycles. The number of hydrogen-bond acceptors (Lipinski definition) is 4. The van der Waals surface area contributed by atoms with Gasteiger partial charge in [-0.3, -0.25) is 0 Å². The Hall–Kier alpha value is -3.18. The van der Waals surface area contributed by atoms with E-state index < -0.39 is 5.97 Å². The molecular formula is C19H14ClN3O2. The van der Waals surface area contributed by atoms with Gasteiger partial charge in [0.1, 0.15) is 5.57 Å². The van der Waals surface area contributed by atoms with Crippen molar-refractivity contribution < 1.29 is 9.90 Å². The van der Waals surface area contributed by atoms with Crippen LogP contribution < -0.4 is 5.73 Å². The van der Waals surface area contributed by atoms with Crippen molar-refractivity contribution in [1.82, 2.24) is 9.97 Å². The molecule has 1 aromatic heterocycles. The molecular weight excluding hydrogens is 338 g/mol. The Bertz CT molecular complexity index is 970.